The number of carbonyl (C=O) groups excluding carboxylic acids is 3. The lowest BCUT2D eigenvalue weighted by atomic mass is 10.2. The van der Waals surface area contributed by atoms with Gasteiger partial charge in [0.05, 0.1) is 13.0 Å². The van der Waals surface area contributed by atoms with Gasteiger partial charge in [0.1, 0.15) is 5.75 Å². The number of hydrazine groups is 1. The van der Waals surface area contributed by atoms with Gasteiger partial charge in [0.15, 0.2) is 6.10 Å². The number of nitrogens with one attached hydrogen (secondary N) is 2. The van der Waals surface area contributed by atoms with Gasteiger partial charge in [-0.15, -0.1) is 0 Å². The minimum atomic E-state index is -1.05. The minimum absolute atomic E-state index is 0.00192. The van der Waals surface area contributed by atoms with Gasteiger partial charge >= 0.3 is 5.97 Å². The molecule has 2 N–H and O–H groups in total. The van der Waals surface area contributed by atoms with Crippen molar-refractivity contribution in [2.75, 3.05) is 6.61 Å². The average molecular weight is 370 g/mol. The summed E-state index contributed by atoms with van der Waals surface area (Å²) in [5.41, 5.74) is 5.95. The van der Waals surface area contributed by atoms with E-state index in [1.165, 1.54) is 6.92 Å². The van der Waals surface area contributed by atoms with Crippen molar-refractivity contribution in [2.45, 2.75) is 26.4 Å². The molecule has 1 atom stereocenters. The summed E-state index contributed by atoms with van der Waals surface area (Å²) >= 11 is 0. The van der Waals surface area contributed by atoms with Crippen LogP contribution in [0.4, 0.5) is 0 Å². The lowest BCUT2D eigenvalue weighted by molar-refractivity contribution is -0.155. The Morgan fingerprint density at radius 3 is 2.44 bits per heavy atom. The van der Waals surface area contributed by atoms with E-state index in [1.807, 2.05) is 25.1 Å². The Balaban J connectivity index is 1.68. The van der Waals surface area contributed by atoms with E-state index in [0.29, 0.717) is 11.3 Å². The molecular weight excluding hydrogens is 348 g/mol. The van der Waals surface area contributed by atoms with Crippen LogP contribution in [-0.4, -0.2) is 30.5 Å². The van der Waals surface area contributed by atoms with Crippen molar-refractivity contribution in [3.63, 3.8) is 0 Å². The summed E-state index contributed by atoms with van der Waals surface area (Å²) in [6, 6.07) is 15.9. The van der Waals surface area contributed by atoms with E-state index in [0.717, 1.165) is 5.56 Å². The first kappa shape index (κ1) is 20.0. The molecule has 2 amide bonds. The SMILES string of the molecule is Cc1cccc(OCCC(=O)O[C@H](C)C(=O)NNC(=O)c2ccccc2)c1. The van der Waals surface area contributed by atoms with Crippen molar-refractivity contribution >= 4 is 17.8 Å². The van der Waals surface area contributed by atoms with Gasteiger partial charge in [-0.3, -0.25) is 25.2 Å². The van der Waals surface area contributed by atoms with Crippen LogP contribution >= 0.6 is 0 Å². The summed E-state index contributed by atoms with van der Waals surface area (Å²) in [7, 11) is 0. The quantitative estimate of drug-likeness (QED) is 0.575. The molecule has 0 aliphatic heterocycles. The third-order valence-corrected chi connectivity index (χ3v) is 3.58. The van der Waals surface area contributed by atoms with E-state index in [9.17, 15) is 14.4 Å². The molecule has 7 nitrogen and oxygen atoms in total. The zero-order chi connectivity index (χ0) is 19.6. The number of esters is 1. The molecule has 0 aliphatic carbocycles. The third kappa shape index (κ3) is 6.81. The van der Waals surface area contributed by atoms with Crippen molar-refractivity contribution in [3.8, 4) is 5.75 Å². The van der Waals surface area contributed by atoms with Crippen LogP contribution in [0.15, 0.2) is 54.6 Å². The standard InChI is InChI=1S/C20H22N2O5/c1-14-7-6-10-17(13-14)26-12-11-18(23)27-15(2)19(24)21-22-20(25)16-8-4-3-5-9-16/h3-10,13,15H,11-12H2,1-2H3,(H,21,24)(H,22,25)/t15-/m1/s1. The number of hydrogen-bond donors (Lipinski definition) is 2. The highest BCUT2D eigenvalue weighted by molar-refractivity contribution is 5.95. The van der Waals surface area contributed by atoms with E-state index < -0.39 is 23.9 Å². The molecule has 7 heteroatoms. The number of hydrogen-bond acceptors (Lipinski definition) is 5. The van der Waals surface area contributed by atoms with Crippen LogP contribution < -0.4 is 15.6 Å². The molecule has 0 saturated heterocycles. The average Bonchev–Trinajstić information content (AvgIpc) is 2.66. The van der Waals surface area contributed by atoms with E-state index in [1.54, 1.807) is 36.4 Å². The van der Waals surface area contributed by atoms with E-state index in [2.05, 4.69) is 10.9 Å². The monoisotopic (exact) mass is 370 g/mol. The van der Waals surface area contributed by atoms with Crippen molar-refractivity contribution in [2.24, 2.45) is 0 Å². The summed E-state index contributed by atoms with van der Waals surface area (Å²) in [5.74, 6) is -1.00. The van der Waals surface area contributed by atoms with Crippen LogP contribution in [-0.2, 0) is 14.3 Å². The Labute approximate surface area is 157 Å². The number of carbonyl (C=O) groups is 3. The third-order valence-electron chi connectivity index (χ3n) is 3.58. The van der Waals surface area contributed by atoms with Gasteiger partial charge in [0.25, 0.3) is 11.8 Å². The lowest BCUT2D eigenvalue weighted by Crippen LogP contribution is -2.46. The number of amides is 2. The molecule has 27 heavy (non-hydrogen) atoms. The Hall–Kier alpha value is -3.35. The molecule has 2 aromatic carbocycles. The fourth-order valence-corrected chi connectivity index (χ4v) is 2.15. The van der Waals surface area contributed by atoms with E-state index in [-0.39, 0.29) is 13.0 Å². The number of ether oxygens (including phenoxy) is 2. The lowest BCUT2D eigenvalue weighted by Gasteiger charge is -2.14. The molecule has 0 bridgehead atoms. The van der Waals surface area contributed by atoms with Crippen molar-refractivity contribution in [1.29, 1.82) is 0 Å². The maximum atomic E-state index is 11.9. The zero-order valence-corrected chi connectivity index (χ0v) is 15.2. The predicted octanol–water partition coefficient (Wildman–Crippen LogP) is 2.16. The van der Waals surface area contributed by atoms with Gasteiger partial charge in [-0.2, -0.15) is 0 Å². The fourth-order valence-electron chi connectivity index (χ4n) is 2.15. The molecule has 0 heterocycles. The van der Waals surface area contributed by atoms with Gasteiger partial charge in [-0.05, 0) is 43.7 Å². The molecule has 0 aliphatic rings. The predicted molar refractivity (Wildman–Crippen MR) is 98.9 cm³/mol. The molecule has 0 aromatic heterocycles. The van der Waals surface area contributed by atoms with Crippen LogP contribution in [0.3, 0.4) is 0 Å². The van der Waals surface area contributed by atoms with Crippen molar-refractivity contribution < 1.29 is 23.9 Å². The highest BCUT2D eigenvalue weighted by atomic mass is 16.6. The maximum Gasteiger partial charge on any atom is 0.310 e. The van der Waals surface area contributed by atoms with Crippen LogP contribution in [0.5, 0.6) is 5.75 Å². The second-order valence-electron chi connectivity index (χ2n) is 5.86. The summed E-state index contributed by atoms with van der Waals surface area (Å²) < 4.78 is 10.5. The molecule has 2 aromatic rings. The maximum absolute atomic E-state index is 11.9. The molecule has 2 rings (SSSR count). The summed E-state index contributed by atoms with van der Waals surface area (Å²) in [5, 5.41) is 0. The van der Waals surface area contributed by atoms with Gasteiger partial charge < -0.3 is 9.47 Å². The number of rotatable bonds is 7. The van der Waals surface area contributed by atoms with Gasteiger partial charge in [0.2, 0.25) is 0 Å². The molecular formula is C20H22N2O5. The van der Waals surface area contributed by atoms with Crippen molar-refractivity contribution in [1.82, 2.24) is 10.9 Å². The van der Waals surface area contributed by atoms with Crippen LogP contribution in [0.1, 0.15) is 29.3 Å². The summed E-state index contributed by atoms with van der Waals surface area (Å²) in [4.78, 5) is 35.6. The Morgan fingerprint density at radius 2 is 1.74 bits per heavy atom. The van der Waals surface area contributed by atoms with Gasteiger partial charge in [-0.1, -0.05) is 30.3 Å². The first-order valence-electron chi connectivity index (χ1n) is 8.50. The van der Waals surface area contributed by atoms with Crippen LogP contribution in [0, 0.1) is 6.92 Å². The molecule has 0 fully saturated rings. The number of benzene rings is 2. The Bertz CT molecular complexity index is 792. The topological polar surface area (TPSA) is 93.7 Å². The largest absolute Gasteiger partial charge is 0.493 e. The highest BCUT2D eigenvalue weighted by Gasteiger charge is 2.18. The fraction of sp³-hybridized carbons (Fsp3) is 0.250. The first-order chi connectivity index (χ1) is 13.0. The zero-order valence-electron chi connectivity index (χ0n) is 15.2. The molecule has 0 unspecified atom stereocenters. The van der Waals surface area contributed by atoms with Crippen LogP contribution in [0.2, 0.25) is 0 Å². The summed E-state index contributed by atoms with van der Waals surface area (Å²) in [6.45, 7) is 3.50. The molecule has 0 saturated carbocycles. The second kappa shape index (κ2) is 9.96. The molecule has 0 radical (unpaired) electrons. The summed E-state index contributed by atoms with van der Waals surface area (Å²) in [6.07, 6.45) is -1.05. The Morgan fingerprint density at radius 1 is 1.00 bits per heavy atom. The molecule has 142 valence electrons. The number of aryl methyl sites for hydroxylation is 1. The highest BCUT2D eigenvalue weighted by Crippen LogP contribution is 2.12. The Kier molecular flexibility index (Phi) is 7.37. The van der Waals surface area contributed by atoms with Gasteiger partial charge in [-0.25, -0.2) is 0 Å². The second-order valence-corrected chi connectivity index (χ2v) is 5.86. The molecule has 0 spiro atoms. The van der Waals surface area contributed by atoms with Gasteiger partial charge in [0, 0.05) is 5.56 Å². The van der Waals surface area contributed by atoms with Crippen molar-refractivity contribution in [3.05, 3.63) is 65.7 Å². The van der Waals surface area contributed by atoms with Crippen LogP contribution in [0.25, 0.3) is 0 Å². The minimum Gasteiger partial charge on any atom is -0.493 e. The normalized spacial score (nSPS) is 11.2. The van der Waals surface area contributed by atoms with E-state index in [4.69, 9.17) is 9.47 Å². The first-order valence-corrected chi connectivity index (χ1v) is 8.50. The smallest absolute Gasteiger partial charge is 0.310 e. The van der Waals surface area contributed by atoms with E-state index >= 15 is 0 Å².